The number of hydrogen-bond donors (Lipinski definition) is 1. The van der Waals surface area contributed by atoms with Crippen LogP contribution in [0.25, 0.3) is 0 Å². The first-order valence-corrected chi connectivity index (χ1v) is 10.2. The Labute approximate surface area is 180 Å². The SMILES string of the molecule is CC(C)(C)OC(=O)N1C[C@@H](Nc2ncccc2[N+](=O)[O-])C[C@H]1C(=O)N1CCC[C@H]1C#N. The van der Waals surface area contributed by atoms with Gasteiger partial charge in [-0.1, -0.05) is 0 Å². The van der Waals surface area contributed by atoms with Crippen molar-refractivity contribution in [1.29, 1.82) is 5.26 Å². The Bertz CT molecular complexity index is 908. The van der Waals surface area contributed by atoms with E-state index in [0.717, 1.165) is 6.42 Å². The molecule has 11 heteroatoms. The number of likely N-dealkylation sites (tertiary alicyclic amines) is 2. The van der Waals surface area contributed by atoms with E-state index in [0.29, 0.717) is 13.0 Å². The second kappa shape index (κ2) is 8.75. The number of nitro groups is 1. The van der Waals surface area contributed by atoms with Crippen molar-refractivity contribution < 1.29 is 19.2 Å². The fraction of sp³-hybridized carbons (Fsp3) is 0.600. The molecule has 0 saturated carbocycles. The van der Waals surface area contributed by atoms with Crippen LogP contribution in [0.15, 0.2) is 18.3 Å². The van der Waals surface area contributed by atoms with Crippen molar-refractivity contribution in [2.24, 2.45) is 0 Å². The maximum absolute atomic E-state index is 13.2. The Kier molecular flexibility index (Phi) is 6.29. The third kappa shape index (κ3) is 5.02. The second-order valence-electron chi connectivity index (χ2n) is 8.67. The summed E-state index contributed by atoms with van der Waals surface area (Å²) in [4.78, 5) is 43.7. The molecule has 0 spiro atoms. The van der Waals surface area contributed by atoms with Gasteiger partial charge in [-0.05, 0) is 46.1 Å². The summed E-state index contributed by atoms with van der Waals surface area (Å²) in [5.41, 5.74) is -0.941. The summed E-state index contributed by atoms with van der Waals surface area (Å²) in [6.07, 6.45) is 2.34. The van der Waals surface area contributed by atoms with E-state index in [1.54, 1.807) is 20.8 Å². The molecule has 11 nitrogen and oxygen atoms in total. The molecule has 3 rings (SSSR count). The molecule has 0 radical (unpaired) electrons. The summed E-state index contributed by atoms with van der Waals surface area (Å²) < 4.78 is 5.48. The van der Waals surface area contributed by atoms with Crippen LogP contribution >= 0.6 is 0 Å². The minimum Gasteiger partial charge on any atom is -0.444 e. The van der Waals surface area contributed by atoms with Crippen LogP contribution < -0.4 is 5.32 Å². The van der Waals surface area contributed by atoms with Gasteiger partial charge in [0.1, 0.15) is 17.7 Å². The number of carbonyl (C=O) groups excluding carboxylic acids is 2. The molecule has 0 unspecified atom stereocenters. The van der Waals surface area contributed by atoms with Crippen molar-refractivity contribution in [3.8, 4) is 6.07 Å². The van der Waals surface area contributed by atoms with Gasteiger partial charge in [0.05, 0.1) is 11.0 Å². The van der Waals surface area contributed by atoms with Crippen LogP contribution in [-0.4, -0.2) is 68.5 Å². The highest BCUT2D eigenvalue weighted by Crippen LogP contribution is 2.29. The summed E-state index contributed by atoms with van der Waals surface area (Å²) >= 11 is 0. The van der Waals surface area contributed by atoms with Crippen LogP contribution in [0.1, 0.15) is 40.0 Å². The van der Waals surface area contributed by atoms with E-state index in [1.165, 1.54) is 28.1 Å². The molecule has 2 saturated heterocycles. The van der Waals surface area contributed by atoms with E-state index in [-0.39, 0.29) is 30.4 Å². The number of nitrogens with one attached hydrogen (secondary N) is 1. The first-order chi connectivity index (χ1) is 14.6. The lowest BCUT2D eigenvalue weighted by molar-refractivity contribution is -0.384. The summed E-state index contributed by atoms with van der Waals surface area (Å²) in [5.74, 6) is -0.236. The van der Waals surface area contributed by atoms with E-state index >= 15 is 0 Å². The second-order valence-corrected chi connectivity index (χ2v) is 8.67. The zero-order valence-electron chi connectivity index (χ0n) is 17.8. The van der Waals surface area contributed by atoms with Crippen LogP contribution in [0.5, 0.6) is 0 Å². The molecule has 1 N–H and O–H groups in total. The van der Waals surface area contributed by atoms with Gasteiger partial charge in [0, 0.05) is 31.4 Å². The van der Waals surface area contributed by atoms with Gasteiger partial charge in [-0.2, -0.15) is 5.26 Å². The Morgan fingerprint density at radius 2 is 2.13 bits per heavy atom. The van der Waals surface area contributed by atoms with Gasteiger partial charge < -0.3 is 15.0 Å². The number of nitrogens with zero attached hydrogens (tertiary/aromatic N) is 5. The van der Waals surface area contributed by atoms with Crippen molar-refractivity contribution in [2.45, 2.75) is 63.8 Å². The predicted molar refractivity (Wildman–Crippen MR) is 110 cm³/mol. The Morgan fingerprint density at radius 3 is 2.77 bits per heavy atom. The lowest BCUT2D eigenvalue weighted by atomic mass is 10.1. The number of aromatic nitrogens is 1. The highest BCUT2D eigenvalue weighted by atomic mass is 16.6. The van der Waals surface area contributed by atoms with Crippen LogP contribution in [-0.2, 0) is 9.53 Å². The maximum Gasteiger partial charge on any atom is 0.411 e. The quantitative estimate of drug-likeness (QED) is 0.566. The zero-order chi connectivity index (χ0) is 22.8. The molecule has 31 heavy (non-hydrogen) atoms. The highest BCUT2D eigenvalue weighted by Gasteiger charge is 2.45. The van der Waals surface area contributed by atoms with Gasteiger partial charge in [0.2, 0.25) is 11.7 Å². The smallest absolute Gasteiger partial charge is 0.411 e. The summed E-state index contributed by atoms with van der Waals surface area (Å²) in [5, 5.41) is 23.6. The monoisotopic (exact) mass is 430 g/mol. The number of ether oxygens (including phenoxy) is 1. The molecule has 0 aliphatic carbocycles. The first kappa shape index (κ1) is 22.3. The van der Waals surface area contributed by atoms with Gasteiger partial charge in [-0.15, -0.1) is 0 Å². The van der Waals surface area contributed by atoms with Crippen LogP contribution in [0.4, 0.5) is 16.3 Å². The number of amides is 2. The number of hydrogen-bond acceptors (Lipinski definition) is 8. The molecule has 2 aliphatic heterocycles. The average molecular weight is 430 g/mol. The molecular formula is C20H26N6O5. The fourth-order valence-electron chi connectivity index (χ4n) is 3.90. The summed E-state index contributed by atoms with van der Waals surface area (Å²) in [7, 11) is 0. The molecule has 0 bridgehead atoms. The third-order valence-electron chi connectivity index (χ3n) is 5.22. The molecule has 1 aromatic rings. The Hall–Kier alpha value is -3.42. The molecule has 166 valence electrons. The van der Waals surface area contributed by atoms with Crippen molar-refractivity contribution in [3.63, 3.8) is 0 Å². The molecule has 2 fully saturated rings. The molecule has 2 amide bonds. The van der Waals surface area contributed by atoms with Crippen LogP contribution in [0.2, 0.25) is 0 Å². The van der Waals surface area contributed by atoms with Crippen LogP contribution in [0, 0.1) is 21.4 Å². The third-order valence-corrected chi connectivity index (χ3v) is 5.22. The van der Waals surface area contributed by atoms with E-state index in [4.69, 9.17) is 4.74 Å². The van der Waals surface area contributed by atoms with Gasteiger partial charge in [-0.25, -0.2) is 9.78 Å². The predicted octanol–water partition coefficient (Wildman–Crippen LogP) is 2.29. The number of pyridine rings is 1. The molecule has 0 aromatic carbocycles. The molecule has 3 heterocycles. The molecule has 2 aliphatic rings. The first-order valence-electron chi connectivity index (χ1n) is 10.2. The topological polar surface area (TPSA) is 142 Å². The van der Waals surface area contributed by atoms with Gasteiger partial charge >= 0.3 is 11.8 Å². The molecule has 3 atom stereocenters. The average Bonchev–Trinajstić information content (AvgIpc) is 3.33. The number of carbonyl (C=O) groups is 2. The Morgan fingerprint density at radius 1 is 1.39 bits per heavy atom. The Balaban J connectivity index is 1.83. The van der Waals surface area contributed by atoms with Gasteiger partial charge in [0.25, 0.3) is 0 Å². The summed E-state index contributed by atoms with van der Waals surface area (Å²) in [6, 6.07) is 3.15. The van der Waals surface area contributed by atoms with Crippen LogP contribution in [0.3, 0.4) is 0 Å². The maximum atomic E-state index is 13.2. The van der Waals surface area contributed by atoms with Crippen molar-refractivity contribution in [3.05, 3.63) is 28.4 Å². The highest BCUT2D eigenvalue weighted by molar-refractivity contribution is 5.87. The molecule has 1 aromatic heterocycles. The number of anilines is 1. The minimum absolute atomic E-state index is 0.0748. The number of rotatable bonds is 4. The summed E-state index contributed by atoms with van der Waals surface area (Å²) in [6.45, 7) is 5.77. The zero-order valence-corrected chi connectivity index (χ0v) is 17.8. The van der Waals surface area contributed by atoms with E-state index in [2.05, 4.69) is 16.4 Å². The lowest BCUT2D eigenvalue weighted by Gasteiger charge is -2.30. The number of nitriles is 1. The van der Waals surface area contributed by atoms with E-state index in [1.807, 2.05) is 0 Å². The van der Waals surface area contributed by atoms with E-state index < -0.39 is 34.7 Å². The largest absolute Gasteiger partial charge is 0.444 e. The van der Waals surface area contributed by atoms with Gasteiger partial charge in [-0.3, -0.25) is 19.8 Å². The standard InChI is InChI=1S/C20H26N6O5/c1-20(2,3)31-19(28)25-12-13(23-17-15(26(29)30)7-4-8-22-17)10-16(25)18(27)24-9-5-6-14(24)11-21/h4,7-8,13-14,16H,5-6,9-10,12H2,1-3H3,(H,22,23)/t13-,14-,16-/m0/s1. The normalized spacial score (nSPS) is 23.4. The lowest BCUT2D eigenvalue weighted by Crippen LogP contribution is -2.50. The van der Waals surface area contributed by atoms with Crippen molar-refractivity contribution in [1.82, 2.24) is 14.8 Å². The minimum atomic E-state index is -0.830. The molecular weight excluding hydrogens is 404 g/mol. The van der Waals surface area contributed by atoms with Crippen molar-refractivity contribution >= 4 is 23.5 Å². The van der Waals surface area contributed by atoms with Gasteiger partial charge in [0.15, 0.2) is 0 Å². The van der Waals surface area contributed by atoms with E-state index in [9.17, 15) is 25.0 Å². The van der Waals surface area contributed by atoms with Crippen molar-refractivity contribution in [2.75, 3.05) is 18.4 Å². The fourth-order valence-corrected chi connectivity index (χ4v) is 3.90.